The van der Waals surface area contributed by atoms with Gasteiger partial charge in [0.15, 0.2) is 5.82 Å². The molecule has 4 aromatic rings. The summed E-state index contributed by atoms with van der Waals surface area (Å²) in [6, 6.07) is 7.45. The minimum atomic E-state index is -4.55. The molecule has 5 rings (SSSR count). The highest BCUT2D eigenvalue weighted by atomic mass is 19.4. The fourth-order valence-electron chi connectivity index (χ4n) is 4.15. The maximum atomic E-state index is 13.4. The topological polar surface area (TPSA) is 92.7 Å². The van der Waals surface area contributed by atoms with Crippen molar-refractivity contribution in [1.82, 2.24) is 24.1 Å². The van der Waals surface area contributed by atoms with Crippen LogP contribution in [0, 0.1) is 0 Å². The highest BCUT2D eigenvalue weighted by Gasteiger charge is 2.34. The van der Waals surface area contributed by atoms with Crippen LogP contribution in [0.5, 0.6) is 5.75 Å². The number of alkyl halides is 3. The Labute approximate surface area is 192 Å². The lowest BCUT2D eigenvalue weighted by molar-refractivity contribution is -0.138. The molecule has 0 bridgehead atoms. The van der Waals surface area contributed by atoms with Gasteiger partial charge in [0, 0.05) is 18.4 Å². The predicted molar refractivity (Wildman–Crippen MR) is 119 cm³/mol. The monoisotopic (exact) mass is 473 g/mol. The number of aromatic nitrogens is 5. The molecule has 3 aromatic heterocycles. The van der Waals surface area contributed by atoms with Gasteiger partial charge in [0.25, 0.3) is 0 Å². The van der Waals surface area contributed by atoms with Crippen molar-refractivity contribution in [3.63, 3.8) is 0 Å². The predicted octanol–water partition coefficient (Wildman–Crippen LogP) is 3.65. The molecule has 0 saturated carbocycles. The molecule has 1 atom stereocenters. The number of anilines is 3. The van der Waals surface area contributed by atoms with Gasteiger partial charge < -0.3 is 24.6 Å². The van der Waals surface area contributed by atoms with Gasteiger partial charge in [-0.25, -0.2) is 9.50 Å². The molecule has 0 amide bonds. The fourth-order valence-corrected chi connectivity index (χ4v) is 4.15. The normalized spacial score (nSPS) is 16.4. The molecular formula is C22H22F3N7O2. The van der Waals surface area contributed by atoms with Crippen LogP contribution in [0.25, 0.3) is 11.2 Å². The Balaban J connectivity index is 1.46. The Morgan fingerprint density at radius 3 is 2.88 bits per heavy atom. The largest absolute Gasteiger partial charge is 0.496 e. The average Bonchev–Trinajstić information content (AvgIpc) is 3.58. The van der Waals surface area contributed by atoms with E-state index >= 15 is 0 Å². The van der Waals surface area contributed by atoms with E-state index in [1.54, 1.807) is 16.9 Å². The van der Waals surface area contributed by atoms with Crippen LogP contribution in [0.2, 0.25) is 0 Å². The van der Waals surface area contributed by atoms with Gasteiger partial charge in [0.1, 0.15) is 23.4 Å². The molecule has 1 saturated heterocycles. The zero-order valence-corrected chi connectivity index (χ0v) is 18.2. The number of benzene rings is 1. The molecular weight excluding hydrogens is 451 g/mol. The number of rotatable bonds is 6. The first-order valence-corrected chi connectivity index (χ1v) is 10.7. The summed E-state index contributed by atoms with van der Waals surface area (Å²) >= 11 is 0. The Kier molecular flexibility index (Phi) is 5.52. The highest BCUT2D eigenvalue weighted by molar-refractivity contribution is 5.73. The summed E-state index contributed by atoms with van der Waals surface area (Å²) in [4.78, 5) is 10.9. The molecule has 0 aliphatic carbocycles. The quantitative estimate of drug-likeness (QED) is 0.442. The smallest absolute Gasteiger partial charge is 0.420 e. The first-order chi connectivity index (χ1) is 16.4. The number of aliphatic hydroxyl groups excluding tert-OH is 1. The van der Waals surface area contributed by atoms with Crippen LogP contribution in [-0.2, 0) is 6.18 Å². The number of imidazole rings is 1. The fraction of sp³-hybridized carbons (Fsp3) is 0.318. The number of nitrogens with one attached hydrogen (secondary N) is 1. The van der Waals surface area contributed by atoms with E-state index in [2.05, 4.69) is 20.4 Å². The molecule has 0 spiro atoms. The summed E-state index contributed by atoms with van der Waals surface area (Å²) in [5, 5.41) is 17.4. The summed E-state index contributed by atoms with van der Waals surface area (Å²) in [6.45, 7) is 0.757. The Morgan fingerprint density at radius 2 is 2.12 bits per heavy atom. The third kappa shape index (κ3) is 4.00. The Bertz CT molecular complexity index is 1320. The number of nitrogens with zero attached hydrogens (tertiary/aromatic N) is 6. The minimum absolute atomic E-state index is 0.0159. The van der Waals surface area contributed by atoms with Crippen molar-refractivity contribution in [2.45, 2.75) is 25.1 Å². The molecule has 1 aliphatic rings. The first-order valence-electron chi connectivity index (χ1n) is 10.7. The van der Waals surface area contributed by atoms with E-state index < -0.39 is 11.7 Å². The Morgan fingerprint density at radius 1 is 1.26 bits per heavy atom. The van der Waals surface area contributed by atoms with Gasteiger partial charge in [0.2, 0.25) is 5.95 Å². The van der Waals surface area contributed by atoms with Gasteiger partial charge in [0.05, 0.1) is 31.5 Å². The van der Waals surface area contributed by atoms with Crippen LogP contribution in [-0.4, -0.2) is 55.6 Å². The zero-order valence-electron chi connectivity index (χ0n) is 18.2. The van der Waals surface area contributed by atoms with Crippen molar-refractivity contribution in [1.29, 1.82) is 0 Å². The number of halogens is 3. The molecule has 1 aliphatic heterocycles. The molecule has 9 nitrogen and oxygen atoms in total. The molecule has 12 heteroatoms. The molecule has 34 heavy (non-hydrogen) atoms. The van der Waals surface area contributed by atoms with Crippen molar-refractivity contribution in [3.05, 3.63) is 54.6 Å². The van der Waals surface area contributed by atoms with E-state index in [1.807, 2.05) is 17.0 Å². The van der Waals surface area contributed by atoms with E-state index in [1.165, 1.54) is 30.1 Å². The number of aliphatic hydroxyl groups is 1. The van der Waals surface area contributed by atoms with Gasteiger partial charge in [-0.15, -0.1) is 5.10 Å². The van der Waals surface area contributed by atoms with Crippen LogP contribution in [0.4, 0.5) is 30.8 Å². The summed E-state index contributed by atoms with van der Waals surface area (Å²) in [6.07, 6.45) is 2.04. The number of fused-ring (bicyclic) bond motifs is 1. The zero-order chi connectivity index (χ0) is 23.9. The second kappa shape index (κ2) is 8.52. The van der Waals surface area contributed by atoms with Crippen LogP contribution in [0.3, 0.4) is 0 Å². The number of hydrogen-bond acceptors (Lipinski definition) is 7. The van der Waals surface area contributed by atoms with Crippen LogP contribution >= 0.6 is 0 Å². The van der Waals surface area contributed by atoms with Gasteiger partial charge in [-0.2, -0.15) is 18.2 Å². The lowest BCUT2D eigenvalue weighted by atomic mass is 10.1. The number of ether oxygens (including phenoxy) is 1. The molecule has 0 radical (unpaired) electrons. The maximum absolute atomic E-state index is 13.4. The van der Waals surface area contributed by atoms with Crippen molar-refractivity contribution in [3.8, 4) is 11.4 Å². The molecule has 4 heterocycles. The van der Waals surface area contributed by atoms with E-state index in [4.69, 9.17) is 4.74 Å². The van der Waals surface area contributed by atoms with E-state index in [0.29, 0.717) is 23.1 Å². The van der Waals surface area contributed by atoms with Crippen molar-refractivity contribution in [2.24, 2.45) is 0 Å². The lowest BCUT2D eigenvalue weighted by Gasteiger charge is -2.23. The SMILES string of the molecule is COc1ccc(-n2cnc(Nc3nc(N4CCCC4CO)nn4cccc34)c2)cc1C(F)(F)F. The molecule has 1 unspecified atom stereocenters. The maximum Gasteiger partial charge on any atom is 0.420 e. The van der Waals surface area contributed by atoms with Crippen LogP contribution in [0.15, 0.2) is 49.1 Å². The molecule has 2 N–H and O–H groups in total. The van der Waals surface area contributed by atoms with Gasteiger partial charge in [-0.3, -0.25) is 0 Å². The summed E-state index contributed by atoms with van der Waals surface area (Å²) < 4.78 is 48.2. The third-order valence-corrected chi connectivity index (χ3v) is 5.84. The lowest BCUT2D eigenvalue weighted by Crippen LogP contribution is -2.34. The van der Waals surface area contributed by atoms with E-state index in [0.717, 1.165) is 25.5 Å². The van der Waals surface area contributed by atoms with Gasteiger partial charge in [-0.1, -0.05) is 0 Å². The standard InChI is InChI=1S/C22H22F3N7O2/c1-34-18-7-6-14(10-16(18)22(23,24)25)30-11-19(26-13-30)27-20-17-5-3-9-32(17)29-21(28-20)31-8-2-4-15(31)12-33/h3,5-7,9-11,13,15,33H,2,4,8,12H2,1H3,(H,27,28,29). The third-order valence-electron chi connectivity index (χ3n) is 5.84. The highest BCUT2D eigenvalue weighted by Crippen LogP contribution is 2.37. The molecule has 1 fully saturated rings. The number of methoxy groups -OCH3 is 1. The Hall–Kier alpha value is -3.80. The van der Waals surface area contributed by atoms with Gasteiger partial charge in [-0.05, 0) is 43.2 Å². The van der Waals surface area contributed by atoms with E-state index in [-0.39, 0.29) is 24.1 Å². The first kappa shape index (κ1) is 22.0. The minimum Gasteiger partial charge on any atom is -0.496 e. The average molecular weight is 473 g/mol. The second-order valence-corrected chi connectivity index (χ2v) is 7.94. The van der Waals surface area contributed by atoms with Crippen LogP contribution in [0.1, 0.15) is 18.4 Å². The molecule has 178 valence electrons. The van der Waals surface area contributed by atoms with E-state index in [9.17, 15) is 18.3 Å². The summed E-state index contributed by atoms with van der Waals surface area (Å²) in [5.74, 6) is 1.13. The van der Waals surface area contributed by atoms with Gasteiger partial charge >= 0.3 is 6.18 Å². The van der Waals surface area contributed by atoms with Crippen molar-refractivity contribution >= 4 is 23.1 Å². The summed E-state index contributed by atoms with van der Waals surface area (Å²) in [5.41, 5.74) is 0.129. The van der Waals surface area contributed by atoms with Crippen LogP contribution < -0.4 is 15.0 Å². The molecule has 1 aromatic carbocycles. The second-order valence-electron chi connectivity index (χ2n) is 7.94. The summed E-state index contributed by atoms with van der Waals surface area (Å²) in [7, 11) is 1.20. The number of hydrogen-bond donors (Lipinski definition) is 2. The van der Waals surface area contributed by atoms with Crippen molar-refractivity contribution < 1.29 is 23.0 Å². The van der Waals surface area contributed by atoms with Crippen molar-refractivity contribution in [2.75, 3.05) is 30.5 Å².